The quantitative estimate of drug-likeness (QED) is 0.544. The summed E-state index contributed by atoms with van der Waals surface area (Å²) in [6.45, 7) is 0.135. The van der Waals surface area contributed by atoms with Gasteiger partial charge in [0, 0.05) is 34.9 Å². The number of halogens is 2. The Morgan fingerprint density at radius 1 is 1.07 bits per heavy atom. The molecule has 8 heteroatoms. The lowest BCUT2D eigenvalue weighted by molar-refractivity contribution is 0.322. The van der Waals surface area contributed by atoms with Crippen LogP contribution in [-0.2, 0) is 5.75 Å². The lowest BCUT2D eigenvalue weighted by atomic mass is 10.0. The number of aromatic nitrogens is 2. The van der Waals surface area contributed by atoms with E-state index in [4.69, 9.17) is 9.84 Å². The van der Waals surface area contributed by atoms with Crippen LogP contribution in [0.25, 0.3) is 11.1 Å². The molecular formula is C20H19F2N3O2S. The van der Waals surface area contributed by atoms with Gasteiger partial charge in [-0.15, -0.1) is 0 Å². The van der Waals surface area contributed by atoms with Gasteiger partial charge in [-0.25, -0.2) is 18.7 Å². The third kappa shape index (κ3) is 4.96. The Balaban J connectivity index is 1.85. The van der Waals surface area contributed by atoms with Gasteiger partial charge >= 0.3 is 0 Å². The second-order valence-corrected chi connectivity index (χ2v) is 6.95. The predicted octanol–water partition coefficient (Wildman–Crippen LogP) is 4.40. The molecule has 0 saturated carbocycles. The summed E-state index contributed by atoms with van der Waals surface area (Å²) in [6.07, 6.45) is 2.77. The Bertz CT molecular complexity index is 956. The largest absolute Gasteiger partial charge is 0.496 e. The van der Waals surface area contributed by atoms with Crippen LogP contribution in [-0.4, -0.2) is 34.5 Å². The van der Waals surface area contributed by atoms with E-state index in [2.05, 4.69) is 15.3 Å². The molecule has 3 rings (SSSR count). The fourth-order valence-electron chi connectivity index (χ4n) is 2.62. The first-order valence-electron chi connectivity index (χ1n) is 8.50. The Hall–Kier alpha value is -2.71. The zero-order chi connectivity index (χ0) is 19.9. The highest BCUT2D eigenvalue weighted by Crippen LogP contribution is 2.33. The molecule has 2 heterocycles. The van der Waals surface area contributed by atoms with E-state index in [0.717, 1.165) is 17.5 Å². The molecule has 2 aromatic heterocycles. The molecule has 0 atom stereocenters. The number of ether oxygens (including phenoxy) is 1. The first-order chi connectivity index (χ1) is 13.6. The molecule has 3 aromatic rings. The Morgan fingerprint density at radius 2 is 1.89 bits per heavy atom. The monoisotopic (exact) mass is 403 g/mol. The lowest BCUT2D eigenvalue weighted by Gasteiger charge is -2.12. The van der Waals surface area contributed by atoms with E-state index in [-0.39, 0.29) is 17.9 Å². The maximum absolute atomic E-state index is 14.4. The highest BCUT2D eigenvalue weighted by molar-refractivity contribution is 7.98. The molecule has 146 valence electrons. The molecular weight excluding hydrogens is 384 g/mol. The van der Waals surface area contributed by atoms with Gasteiger partial charge in [-0.3, -0.25) is 0 Å². The van der Waals surface area contributed by atoms with Gasteiger partial charge in [0.1, 0.15) is 29.0 Å². The summed E-state index contributed by atoms with van der Waals surface area (Å²) in [5, 5.41) is 11.9. The number of pyridine rings is 2. The van der Waals surface area contributed by atoms with Crippen molar-refractivity contribution in [2.75, 3.05) is 24.8 Å². The first kappa shape index (κ1) is 20.0. The van der Waals surface area contributed by atoms with Crippen LogP contribution in [0, 0.1) is 11.6 Å². The van der Waals surface area contributed by atoms with Crippen molar-refractivity contribution in [2.45, 2.75) is 5.75 Å². The van der Waals surface area contributed by atoms with E-state index in [0.29, 0.717) is 23.0 Å². The highest BCUT2D eigenvalue weighted by atomic mass is 32.2. The number of methoxy groups -OCH3 is 1. The maximum Gasteiger partial charge on any atom is 0.149 e. The van der Waals surface area contributed by atoms with Gasteiger partial charge in [0.15, 0.2) is 0 Å². The molecule has 0 spiro atoms. The van der Waals surface area contributed by atoms with Crippen molar-refractivity contribution in [2.24, 2.45) is 0 Å². The van der Waals surface area contributed by atoms with Crippen LogP contribution in [0.4, 0.5) is 20.4 Å². The van der Waals surface area contributed by atoms with Gasteiger partial charge in [-0.2, -0.15) is 11.8 Å². The molecule has 5 nitrogen and oxygen atoms in total. The summed E-state index contributed by atoms with van der Waals surface area (Å²) in [6, 6.07) is 9.21. The van der Waals surface area contributed by atoms with Crippen LogP contribution in [0.1, 0.15) is 5.56 Å². The molecule has 0 fully saturated rings. The van der Waals surface area contributed by atoms with E-state index in [9.17, 15) is 8.78 Å². The van der Waals surface area contributed by atoms with Gasteiger partial charge in [-0.1, -0.05) is 0 Å². The molecule has 0 aliphatic heterocycles. The second kappa shape index (κ2) is 9.48. The van der Waals surface area contributed by atoms with Crippen LogP contribution in [0.5, 0.6) is 5.75 Å². The van der Waals surface area contributed by atoms with Gasteiger partial charge in [0.05, 0.1) is 19.9 Å². The maximum atomic E-state index is 14.4. The smallest absolute Gasteiger partial charge is 0.149 e. The standard InChI is InChI=1S/C20H19F2N3O2S/c1-27-18-9-14(21)2-3-15(18)16-10-20(24-11-17(16)22)25-19-8-13(4-5-23-19)12-28-7-6-26/h2-5,8-11,26H,6-7,12H2,1H3,(H,23,24,25). The molecule has 1 aromatic carbocycles. The average molecular weight is 403 g/mol. The number of rotatable bonds is 8. The minimum absolute atomic E-state index is 0.135. The van der Waals surface area contributed by atoms with E-state index in [1.807, 2.05) is 12.1 Å². The Kier molecular flexibility index (Phi) is 6.78. The van der Waals surface area contributed by atoms with Crippen LogP contribution >= 0.6 is 11.8 Å². The molecule has 0 aliphatic rings. The Labute approximate surface area is 165 Å². The van der Waals surface area contributed by atoms with Crippen molar-refractivity contribution in [3.63, 3.8) is 0 Å². The number of hydrogen-bond acceptors (Lipinski definition) is 6. The van der Waals surface area contributed by atoms with E-state index in [1.165, 1.54) is 31.4 Å². The Morgan fingerprint density at radius 3 is 2.68 bits per heavy atom. The number of aliphatic hydroxyl groups excluding tert-OH is 1. The van der Waals surface area contributed by atoms with Gasteiger partial charge in [-0.05, 0) is 35.9 Å². The molecule has 0 aliphatic carbocycles. The summed E-state index contributed by atoms with van der Waals surface area (Å²) in [7, 11) is 1.40. The van der Waals surface area contributed by atoms with Gasteiger partial charge in [0.2, 0.25) is 0 Å². The molecule has 28 heavy (non-hydrogen) atoms. The number of nitrogens with one attached hydrogen (secondary N) is 1. The van der Waals surface area contributed by atoms with Crippen molar-refractivity contribution >= 4 is 23.4 Å². The zero-order valence-corrected chi connectivity index (χ0v) is 16.0. The van der Waals surface area contributed by atoms with Crippen molar-refractivity contribution in [3.8, 4) is 16.9 Å². The molecule has 2 N–H and O–H groups in total. The number of thioether (sulfide) groups is 1. The van der Waals surface area contributed by atoms with Gasteiger partial charge < -0.3 is 15.2 Å². The fraction of sp³-hybridized carbons (Fsp3) is 0.200. The normalized spacial score (nSPS) is 10.7. The molecule has 0 unspecified atom stereocenters. The molecule has 0 saturated heterocycles. The summed E-state index contributed by atoms with van der Waals surface area (Å²) in [4.78, 5) is 8.31. The third-order valence-electron chi connectivity index (χ3n) is 3.89. The number of aliphatic hydroxyl groups is 1. The minimum atomic E-state index is -0.544. The SMILES string of the molecule is COc1cc(F)ccc1-c1cc(Nc2cc(CSCCO)ccn2)ncc1F. The van der Waals surface area contributed by atoms with Crippen molar-refractivity contribution < 1.29 is 18.6 Å². The zero-order valence-electron chi connectivity index (χ0n) is 15.2. The van der Waals surface area contributed by atoms with E-state index >= 15 is 0 Å². The third-order valence-corrected chi connectivity index (χ3v) is 4.90. The van der Waals surface area contributed by atoms with Gasteiger partial charge in [0.25, 0.3) is 0 Å². The van der Waals surface area contributed by atoms with Crippen molar-refractivity contribution in [1.29, 1.82) is 0 Å². The summed E-state index contributed by atoms with van der Waals surface area (Å²) in [5.74, 6) is 1.59. The minimum Gasteiger partial charge on any atom is -0.496 e. The molecule has 0 radical (unpaired) electrons. The van der Waals surface area contributed by atoms with Crippen LogP contribution < -0.4 is 10.1 Å². The first-order valence-corrected chi connectivity index (χ1v) is 9.66. The topological polar surface area (TPSA) is 67.3 Å². The summed E-state index contributed by atoms with van der Waals surface area (Å²) >= 11 is 1.61. The van der Waals surface area contributed by atoms with E-state index < -0.39 is 11.6 Å². The number of benzene rings is 1. The summed E-state index contributed by atoms with van der Waals surface area (Å²) in [5.41, 5.74) is 1.71. The summed E-state index contributed by atoms with van der Waals surface area (Å²) < 4.78 is 33.0. The number of hydrogen-bond donors (Lipinski definition) is 2. The van der Waals surface area contributed by atoms with Crippen molar-refractivity contribution in [1.82, 2.24) is 9.97 Å². The van der Waals surface area contributed by atoms with Crippen LogP contribution in [0.3, 0.4) is 0 Å². The van der Waals surface area contributed by atoms with Crippen molar-refractivity contribution in [3.05, 3.63) is 66.0 Å². The number of anilines is 2. The predicted molar refractivity (Wildman–Crippen MR) is 107 cm³/mol. The highest BCUT2D eigenvalue weighted by Gasteiger charge is 2.13. The van der Waals surface area contributed by atoms with Crippen LogP contribution in [0.2, 0.25) is 0 Å². The van der Waals surface area contributed by atoms with E-state index in [1.54, 1.807) is 18.0 Å². The second-order valence-electron chi connectivity index (χ2n) is 5.84. The average Bonchev–Trinajstić information content (AvgIpc) is 2.70. The number of nitrogens with zero attached hydrogens (tertiary/aromatic N) is 2. The fourth-order valence-corrected chi connectivity index (χ4v) is 3.31. The van der Waals surface area contributed by atoms with Crippen LogP contribution in [0.15, 0.2) is 48.8 Å². The molecule has 0 bridgehead atoms. The lowest BCUT2D eigenvalue weighted by Crippen LogP contribution is -1.99. The molecule has 0 amide bonds.